The number of carboxylic acids is 1. The quantitative estimate of drug-likeness (QED) is 0.384. The number of hydroxylamine groups is 1. The normalized spacial score (nSPS) is 12.5. The summed E-state index contributed by atoms with van der Waals surface area (Å²) in [5.74, 6) is -1.84. The van der Waals surface area contributed by atoms with Gasteiger partial charge in [0, 0.05) is 0 Å². The Morgan fingerprint density at radius 1 is 1.64 bits per heavy atom. The molecule has 64 valence electrons. The minimum atomic E-state index is -1.50. The Bertz CT molecular complexity index is 161. The number of aliphatic carboxylic acids is 1. The van der Waals surface area contributed by atoms with Gasteiger partial charge in [0.2, 0.25) is 0 Å². The number of Topliss-reactive ketones (excluding diaryl/α,β-unsaturated/α-hetero) is 1. The Kier molecular flexibility index (Phi) is 4.84. The average molecular weight is 179 g/mol. The Morgan fingerprint density at radius 3 is 2.45 bits per heavy atom. The van der Waals surface area contributed by atoms with Crippen molar-refractivity contribution in [1.82, 2.24) is 5.48 Å². The van der Waals surface area contributed by atoms with Crippen molar-refractivity contribution >= 4 is 23.5 Å². The first-order valence-corrected chi connectivity index (χ1v) is 4.17. The second-order valence-electron chi connectivity index (χ2n) is 1.80. The van der Waals surface area contributed by atoms with E-state index in [0.717, 1.165) is 0 Å². The summed E-state index contributed by atoms with van der Waals surface area (Å²) in [5.41, 5.74) is 1.42. The van der Waals surface area contributed by atoms with Crippen LogP contribution in [-0.2, 0) is 9.59 Å². The molecule has 0 aromatic rings. The van der Waals surface area contributed by atoms with Gasteiger partial charge in [0.25, 0.3) is 0 Å². The summed E-state index contributed by atoms with van der Waals surface area (Å²) in [6.45, 7) is 0. The van der Waals surface area contributed by atoms with E-state index >= 15 is 0 Å². The highest BCUT2D eigenvalue weighted by atomic mass is 32.2. The van der Waals surface area contributed by atoms with Crippen molar-refractivity contribution in [3.63, 3.8) is 0 Å². The fourth-order valence-electron chi connectivity index (χ4n) is 0.491. The van der Waals surface area contributed by atoms with E-state index in [9.17, 15) is 9.59 Å². The molecule has 0 amide bonds. The molecule has 0 aliphatic carbocycles. The van der Waals surface area contributed by atoms with E-state index in [1.165, 1.54) is 17.2 Å². The van der Waals surface area contributed by atoms with Gasteiger partial charge >= 0.3 is 5.97 Å². The van der Waals surface area contributed by atoms with Gasteiger partial charge in [-0.05, 0) is 6.26 Å². The van der Waals surface area contributed by atoms with Crippen molar-refractivity contribution < 1.29 is 19.9 Å². The predicted octanol–water partition coefficient (Wildman–Crippen LogP) is -0.650. The number of rotatable bonds is 5. The van der Waals surface area contributed by atoms with Crippen LogP contribution >= 0.6 is 11.8 Å². The van der Waals surface area contributed by atoms with Gasteiger partial charge in [0.05, 0.1) is 5.75 Å². The topological polar surface area (TPSA) is 86.6 Å². The second kappa shape index (κ2) is 5.11. The van der Waals surface area contributed by atoms with Gasteiger partial charge in [0.15, 0.2) is 11.8 Å². The number of nitrogens with one attached hydrogen (secondary N) is 1. The smallest absolute Gasteiger partial charge is 0.330 e. The molecule has 0 aromatic carbocycles. The molecule has 0 saturated heterocycles. The average Bonchev–Trinajstić information content (AvgIpc) is 1.88. The van der Waals surface area contributed by atoms with Gasteiger partial charge in [0.1, 0.15) is 0 Å². The standard InChI is InChI=1S/C5H9NO4S/c1-11-2-3(7)4(6-10)5(8)9/h4,6,10H,2H2,1H3,(H,8,9). The molecule has 11 heavy (non-hydrogen) atoms. The lowest BCUT2D eigenvalue weighted by Gasteiger charge is -2.06. The molecule has 1 unspecified atom stereocenters. The monoisotopic (exact) mass is 179 g/mol. The van der Waals surface area contributed by atoms with E-state index in [4.69, 9.17) is 10.3 Å². The Labute approximate surface area is 67.7 Å². The zero-order valence-corrected chi connectivity index (χ0v) is 6.72. The third-order valence-corrected chi connectivity index (χ3v) is 1.56. The summed E-state index contributed by atoms with van der Waals surface area (Å²) >= 11 is 1.21. The highest BCUT2D eigenvalue weighted by molar-refractivity contribution is 7.99. The molecule has 0 aliphatic rings. The van der Waals surface area contributed by atoms with Gasteiger partial charge in [-0.15, -0.1) is 0 Å². The zero-order valence-electron chi connectivity index (χ0n) is 5.90. The summed E-state index contributed by atoms with van der Waals surface area (Å²) in [6.07, 6.45) is 1.67. The summed E-state index contributed by atoms with van der Waals surface area (Å²) in [5, 5.41) is 16.6. The lowest BCUT2D eigenvalue weighted by molar-refractivity contribution is -0.146. The van der Waals surface area contributed by atoms with Crippen LogP contribution in [0.15, 0.2) is 0 Å². The van der Waals surface area contributed by atoms with Crippen LogP contribution in [-0.4, -0.2) is 40.1 Å². The highest BCUT2D eigenvalue weighted by Crippen LogP contribution is 1.96. The van der Waals surface area contributed by atoms with E-state index in [2.05, 4.69) is 0 Å². The van der Waals surface area contributed by atoms with Crippen LogP contribution in [0.1, 0.15) is 0 Å². The maximum atomic E-state index is 10.8. The van der Waals surface area contributed by atoms with Gasteiger partial charge in [-0.25, -0.2) is 4.79 Å². The Balaban J connectivity index is 4.03. The minimum Gasteiger partial charge on any atom is -0.480 e. The molecule has 0 aromatic heterocycles. The van der Waals surface area contributed by atoms with Gasteiger partial charge < -0.3 is 10.3 Å². The maximum absolute atomic E-state index is 10.8. The van der Waals surface area contributed by atoms with Crippen LogP contribution in [0.25, 0.3) is 0 Å². The van der Waals surface area contributed by atoms with Crippen LogP contribution in [0.3, 0.4) is 0 Å². The van der Waals surface area contributed by atoms with Gasteiger partial charge in [-0.3, -0.25) is 4.79 Å². The molecule has 5 nitrogen and oxygen atoms in total. The van der Waals surface area contributed by atoms with Crippen LogP contribution in [0.2, 0.25) is 0 Å². The van der Waals surface area contributed by atoms with Crippen molar-refractivity contribution in [2.75, 3.05) is 12.0 Å². The first kappa shape index (κ1) is 10.4. The molecule has 0 radical (unpaired) electrons. The number of thioether (sulfide) groups is 1. The van der Waals surface area contributed by atoms with Crippen LogP contribution < -0.4 is 5.48 Å². The SMILES string of the molecule is CSCC(=O)C(NO)C(=O)O. The van der Waals surface area contributed by atoms with E-state index < -0.39 is 17.8 Å². The second-order valence-corrected chi connectivity index (χ2v) is 2.67. The first-order chi connectivity index (χ1) is 5.13. The fraction of sp³-hybridized carbons (Fsp3) is 0.600. The molecular formula is C5H9NO4S. The number of carboxylic acid groups (broad SMARTS) is 1. The lowest BCUT2D eigenvalue weighted by atomic mass is 10.2. The Hall–Kier alpha value is -0.590. The van der Waals surface area contributed by atoms with E-state index in [-0.39, 0.29) is 5.75 Å². The molecule has 0 saturated carbocycles. The predicted molar refractivity (Wildman–Crippen MR) is 39.7 cm³/mol. The third-order valence-electron chi connectivity index (χ3n) is 0.985. The number of hydrogen-bond acceptors (Lipinski definition) is 5. The number of carbonyl (C=O) groups excluding carboxylic acids is 1. The van der Waals surface area contributed by atoms with E-state index in [1.54, 1.807) is 6.26 Å². The number of ketones is 1. The van der Waals surface area contributed by atoms with E-state index in [0.29, 0.717) is 0 Å². The van der Waals surface area contributed by atoms with Crippen molar-refractivity contribution in [2.45, 2.75) is 6.04 Å². The minimum absolute atomic E-state index is 0.0739. The molecule has 0 spiro atoms. The van der Waals surface area contributed by atoms with Gasteiger partial charge in [-0.2, -0.15) is 17.2 Å². The van der Waals surface area contributed by atoms with Crippen LogP contribution in [0, 0.1) is 0 Å². The van der Waals surface area contributed by atoms with Crippen molar-refractivity contribution in [3.05, 3.63) is 0 Å². The maximum Gasteiger partial charge on any atom is 0.330 e. The largest absolute Gasteiger partial charge is 0.480 e. The number of carbonyl (C=O) groups is 2. The van der Waals surface area contributed by atoms with Gasteiger partial charge in [-0.1, -0.05) is 0 Å². The Morgan fingerprint density at radius 2 is 2.18 bits per heavy atom. The van der Waals surface area contributed by atoms with Crippen molar-refractivity contribution in [3.8, 4) is 0 Å². The fourth-order valence-corrected chi connectivity index (χ4v) is 0.942. The molecule has 0 fully saturated rings. The first-order valence-electron chi connectivity index (χ1n) is 2.77. The summed E-state index contributed by atoms with van der Waals surface area (Å²) in [6, 6.07) is -1.50. The number of hydrogen-bond donors (Lipinski definition) is 3. The van der Waals surface area contributed by atoms with Crippen LogP contribution in [0.4, 0.5) is 0 Å². The molecule has 3 N–H and O–H groups in total. The molecule has 0 aliphatic heterocycles. The molecule has 0 bridgehead atoms. The van der Waals surface area contributed by atoms with Crippen molar-refractivity contribution in [1.29, 1.82) is 0 Å². The highest BCUT2D eigenvalue weighted by Gasteiger charge is 2.23. The lowest BCUT2D eigenvalue weighted by Crippen LogP contribution is -2.42. The summed E-state index contributed by atoms with van der Waals surface area (Å²) < 4.78 is 0. The molecular weight excluding hydrogens is 170 g/mol. The molecule has 0 rings (SSSR count). The van der Waals surface area contributed by atoms with Crippen molar-refractivity contribution in [2.24, 2.45) is 0 Å². The molecule has 0 heterocycles. The molecule has 6 heteroatoms. The third kappa shape index (κ3) is 3.35. The molecule has 1 atom stereocenters. The summed E-state index contributed by atoms with van der Waals surface area (Å²) in [7, 11) is 0. The van der Waals surface area contributed by atoms with E-state index in [1.807, 2.05) is 0 Å². The zero-order chi connectivity index (χ0) is 8.85. The summed E-state index contributed by atoms with van der Waals surface area (Å²) in [4.78, 5) is 21.0. The van der Waals surface area contributed by atoms with Crippen LogP contribution in [0.5, 0.6) is 0 Å².